The molecular weight excluding hydrogens is 359 g/mol. The lowest BCUT2D eigenvalue weighted by Crippen LogP contribution is -2.38. The first-order valence-corrected chi connectivity index (χ1v) is 9.68. The molecule has 1 saturated carbocycles. The van der Waals surface area contributed by atoms with Crippen LogP contribution in [0.1, 0.15) is 37.3 Å². The normalized spacial score (nSPS) is 24.8. The number of rotatable bonds is 4. The van der Waals surface area contributed by atoms with Crippen LogP contribution in [0.5, 0.6) is 0 Å². The third kappa shape index (κ3) is 3.83. The Morgan fingerprint density at radius 2 is 2.14 bits per heavy atom. The molecule has 118 valence electrons. The average Bonchev–Trinajstić information content (AvgIpc) is 2.44. The van der Waals surface area contributed by atoms with Crippen LogP contribution in [-0.4, -0.2) is 19.9 Å². The highest BCUT2D eigenvalue weighted by Gasteiger charge is 2.34. The van der Waals surface area contributed by atoms with Crippen LogP contribution in [0.3, 0.4) is 0 Å². The predicted molar refractivity (Wildman–Crippen MR) is 84.8 cm³/mol. The summed E-state index contributed by atoms with van der Waals surface area (Å²) in [5, 5.41) is -0.334. The molecule has 0 aromatic heterocycles. The minimum atomic E-state index is -3.06. The molecule has 0 heterocycles. The standard InChI is InChI=1S/C14H20BrFN2O2S/c1-21(19,20)10-5-2-4-9(8-10)14(18-17)11-6-3-7-12(16)13(11)15/h3,6-7,9-10,14,18H,2,4-5,8,17H2,1H3. The number of benzene rings is 1. The van der Waals surface area contributed by atoms with Crippen molar-refractivity contribution in [1.29, 1.82) is 0 Å². The Kier molecular flexibility index (Phi) is 5.40. The monoisotopic (exact) mass is 378 g/mol. The smallest absolute Gasteiger partial charge is 0.150 e. The average molecular weight is 379 g/mol. The second-order valence-corrected chi connectivity index (χ2v) is 8.78. The molecule has 7 heteroatoms. The summed E-state index contributed by atoms with van der Waals surface area (Å²) >= 11 is 3.25. The number of nitrogens with one attached hydrogen (secondary N) is 1. The fourth-order valence-corrected chi connectivity index (χ4v) is 4.82. The molecule has 0 amide bonds. The van der Waals surface area contributed by atoms with E-state index in [2.05, 4.69) is 21.4 Å². The first-order chi connectivity index (χ1) is 9.84. The predicted octanol–water partition coefficient (Wildman–Crippen LogP) is 2.70. The number of hydrogen-bond acceptors (Lipinski definition) is 4. The maximum atomic E-state index is 13.7. The molecule has 0 radical (unpaired) electrons. The van der Waals surface area contributed by atoms with Crippen molar-refractivity contribution in [3.05, 3.63) is 34.1 Å². The molecule has 3 N–H and O–H groups in total. The van der Waals surface area contributed by atoms with E-state index >= 15 is 0 Å². The number of sulfone groups is 1. The summed E-state index contributed by atoms with van der Waals surface area (Å²) in [6.45, 7) is 0. The highest BCUT2D eigenvalue weighted by atomic mass is 79.9. The number of hydrogen-bond donors (Lipinski definition) is 2. The van der Waals surface area contributed by atoms with Gasteiger partial charge >= 0.3 is 0 Å². The largest absolute Gasteiger partial charge is 0.271 e. The number of nitrogens with two attached hydrogens (primary N) is 1. The Labute approximate surface area is 133 Å². The van der Waals surface area contributed by atoms with Crippen molar-refractivity contribution in [2.75, 3.05) is 6.26 Å². The third-order valence-corrected chi connectivity index (χ3v) is 6.72. The maximum Gasteiger partial charge on any atom is 0.150 e. The van der Waals surface area contributed by atoms with E-state index in [1.54, 1.807) is 6.07 Å². The summed E-state index contributed by atoms with van der Waals surface area (Å²) in [6.07, 6.45) is 4.24. The zero-order valence-corrected chi connectivity index (χ0v) is 14.3. The van der Waals surface area contributed by atoms with Crippen LogP contribution in [0.4, 0.5) is 4.39 Å². The van der Waals surface area contributed by atoms with E-state index in [0.29, 0.717) is 17.3 Å². The molecule has 1 aliphatic rings. The van der Waals surface area contributed by atoms with Crippen LogP contribution >= 0.6 is 15.9 Å². The van der Waals surface area contributed by atoms with Crippen molar-refractivity contribution >= 4 is 25.8 Å². The van der Waals surface area contributed by atoms with Gasteiger partial charge in [0, 0.05) is 6.26 Å². The fraction of sp³-hybridized carbons (Fsp3) is 0.571. The third-order valence-electron chi connectivity index (χ3n) is 4.24. The van der Waals surface area contributed by atoms with Crippen LogP contribution < -0.4 is 11.3 Å². The highest BCUT2D eigenvalue weighted by molar-refractivity contribution is 9.10. The van der Waals surface area contributed by atoms with E-state index in [9.17, 15) is 12.8 Å². The molecule has 1 aromatic carbocycles. The molecule has 1 fully saturated rings. The van der Waals surface area contributed by atoms with E-state index in [1.807, 2.05) is 6.07 Å². The van der Waals surface area contributed by atoms with Crippen molar-refractivity contribution in [2.24, 2.45) is 11.8 Å². The van der Waals surface area contributed by atoms with Crippen molar-refractivity contribution in [2.45, 2.75) is 37.0 Å². The SMILES string of the molecule is CS(=O)(=O)C1CCCC(C(NN)c2cccc(F)c2Br)C1. The van der Waals surface area contributed by atoms with E-state index in [1.165, 1.54) is 12.3 Å². The second-order valence-electron chi connectivity index (χ2n) is 5.67. The Balaban J connectivity index is 2.27. The van der Waals surface area contributed by atoms with Crippen molar-refractivity contribution in [3.8, 4) is 0 Å². The summed E-state index contributed by atoms with van der Waals surface area (Å²) < 4.78 is 37.6. The van der Waals surface area contributed by atoms with Gasteiger partial charge in [0.25, 0.3) is 0 Å². The van der Waals surface area contributed by atoms with Crippen molar-refractivity contribution in [3.63, 3.8) is 0 Å². The summed E-state index contributed by atoms with van der Waals surface area (Å²) in [7, 11) is -3.06. The van der Waals surface area contributed by atoms with Gasteiger partial charge in [-0.15, -0.1) is 0 Å². The van der Waals surface area contributed by atoms with Crippen LogP contribution in [0.25, 0.3) is 0 Å². The van der Waals surface area contributed by atoms with E-state index < -0.39 is 9.84 Å². The van der Waals surface area contributed by atoms with Gasteiger partial charge in [-0.2, -0.15) is 0 Å². The zero-order valence-electron chi connectivity index (χ0n) is 11.9. The molecule has 0 bridgehead atoms. The molecule has 0 saturated heterocycles. The Hall–Kier alpha value is -0.500. The summed E-state index contributed by atoms with van der Waals surface area (Å²) in [5.41, 5.74) is 3.47. The first-order valence-electron chi connectivity index (χ1n) is 6.93. The van der Waals surface area contributed by atoms with Gasteiger partial charge in [0.05, 0.1) is 15.8 Å². The molecule has 1 aromatic rings. The minimum Gasteiger partial charge on any atom is -0.271 e. The summed E-state index contributed by atoms with van der Waals surface area (Å²) in [4.78, 5) is 0. The molecule has 3 atom stereocenters. The lowest BCUT2D eigenvalue weighted by Gasteiger charge is -2.34. The molecule has 0 aliphatic heterocycles. The van der Waals surface area contributed by atoms with Crippen molar-refractivity contribution in [1.82, 2.24) is 5.43 Å². The summed E-state index contributed by atoms with van der Waals surface area (Å²) in [6, 6.07) is 4.55. The Morgan fingerprint density at radius 1 is 1.43 bits per heavy atom. The van der Waals surface area contributed by atoms with Crippen LogP contribution in [0.15, 0.2) is 22.7 Å². The van der Waals surface area contributed by atoms with Gasteiger partial charge < -0.3 is 0 Å². The molecule has 0 spiro atoms. The van der Waals surface area contributed by atoms with Gasteiger partial charge in [-0.25, -0.2) is 12.8 Å². The lowest BCUT2D eigenvalue weighted by molar-refractivity contribution is 0.273. The van der Waals surface area contributed by atoms with Crippen LogP contribution in [0, 0.1) is 11.7 Å². The first kappa shape index (κ1) is 16.9. The highest BCUT2D eigenvalue weighted by Crippen LogP contribution is 2.39. The van der Waals surface area contributed by atoms with Gasteiger partial charge in [0.15, 0.2) is 0 Å². The van der Waals surface area contributed by atoms with Gasteiger partial charge in [-0.05, 0) is 52.7 Å². The second kappa shape index (κ2) is 6.73. The molecule has 1 aliphatic carbocycles. The Morgan fingerprint density at radius 3 is 2.76 bits per heavy atom. The van der Waals surface area contributed by atoms with E-state index in [-0.39, 0.29) is 23.0 Å². The number of hydrazine groups is 1. The summed E-state index contributed by atoms with van der Waals surface area (Å²) in [5.74, 6) is 5.39. The lowest BCUT2D eigenvalue weighted by atomic mass is 9.81. The molecule has 3 unspecified atom stereocenters. The molecule has 4 nitrogen and oxygen atoms in total. The molecular formula is C14H20BrFN2O2S. The van der Waals surface area contributed by atoms with Gasteiger partial charge in [-0.1, -0.05) is 18.6 Å². The molecule has 21 heavy (non-hydrogen) atoms. The molecule has 2 rings (SSSR count). The fourth-order valence-electron chi connectivity index (χ4n) is 3.11. The van der Waals surface area contributed by atoms with Gasteiger partial charge in [-0.3, -0.25) is 11.3 Å². The Bertz CT molecular complexity index is 609. The number of halogens is 2. The quantitative estimate of drug-likeness (QED) is 0.623. The zero-order chi connectivity index (χ0) is 15.6. The minimum absolute atomic E-state index is 0.0709. The van der Waals surface area contributed by atoms with E-state index in [0.717, 1.165) is 18.4 Å². The van der Waals surface area contributed by atoms with Gasteiger partial charge in [0.1, 0.15) is 15.7 Å². The maximum absolute atomic E-state index is 13.7. The van der Waals surface area contributed by atoms with Crippen molar-refractivity contribution < 1.29 is 12.8 Å². The van der Waals surface area contributed by atoms with E-state index in [4.69, 9.17) is 5.84 Å². The topological polar surface area (TPSA) is 72.2 Å². The van der Waals surface area contributed by atoms with Crippen LogP contribution in [-0.2, 0) is 9.84 Å². The van der Waals surface area contributed by atoms with Crippen LogP contribution in [0.2, 0.25) is 0 Å². The van der Waals surface area contributed by atoms with Gasteiger partial charge in [0.2, 0.25) is 0 Å².